The molecule has 4 heteroatoms. The Morgan fingerprint density at radius 3 is 2.45 bits per heavy atom. The average Bonchev–Trinajstić information content (AvgIpc) is 3.12. The fraction of sp³-hybridized carbons (Fsp3) is 0.444. The Morgan fingerprint density at radius 1 is 1.03 bits per heavy atom. The molecule has 1 aliphatic heterocycles. The number of nitrogens with zero attached hydrogens (tertiary/aromatic N) is 1. The molecule has 1 saturated heterocycles. The van der Waals surface area contributed by atoms with Gasteiger partial charge in [0.05, 0.1) is 14.2 Å². The second-order valence-electron chi connectivity index (χ2n) is 8.74. The van der Waals surface area contributed by atoms with Gasteiger partial charge in [-0.25, -0.2) is 0 Å². The van der Waals surface area contributed by atoms with Gasteiger partial charge in [0.2, 0.25) is 0 Å². The van der Waals surface area contributed by atoms with Crippen LogP contribution in [-0.2, 0) is 13.0 Å². The van der Waals surface area contributed by atoms with Gasteiger partial charge in [-0.1, -0.05) is 42.8 Å². The van der Waals surface area contributed by atoms with Crippen LogP contribution in [0, 0.1) is 5.92 Å². The molecule has 0 spiro atoms. The number of piperidine rings is 1. The summed E-state index contributed by atoms with van der Waals surface area (Å²) in [6, 6.07) is 14.5. The van der Waals surface area contributed by atoms with E-state index < -0.39 is 0 Å². The molecule has 0 saturated carbocycles. The molecule has 2 aliphatic rings. The van der Waals surface area contributed by atoms with Gasteiger partial charge in [-0.05, 0) is 68.0 Å². The highest BCUT2D eigenvalue weighted by Crippen LogP contribution is 2.36. The highest BCUT2D eigenvalue weighted by atomic mass is 16.5. The first-order chi connectivity index (χ1) is 15.2. The minimum atomic E-state index is 0.144. The summed E-state index contributed by atoms with van der Waals surface area (Å²) in [5.74, 6) is 2.27. The van der Waals surface area contributed by atoms with E-state index in [4.69, 9.17) is 9.47 Å². The summed E-state index contributed by atoms with van der Waals surface area (Å²) in [6.45, 7) is 3.45. The van der Waals surface area contributed by atoms with Crippen molar-refractivity contribution in [3.63, 3.8) is 0 Å². The lowest BCUT2D eigenvalue weighted by Crippen LogP contribution is -2.33. The number of rotatable bonds is 8. The molecule has 4 nitrogen and oxygen atoms in total. The van der Waals surface area contributed by atoms with Crippen molar-refractivity contribution >= 4 is 5.78 Å². The summed E-state index contributed by atoms with van der Waals surface area (Å²) < 4.78 is 10.7. The fourth-order valence-electron chi connectivity index (χ4n) is 4.86. The maximum Gasteiger partial charge on any atom is 0.189 e. The molecule has 0 N–H and O–H groups in total. The van der Waals surface area contributed by atoms with Crippen LogP contribution < -0.4 is 9.47 Å². The van der Waals surface area contributed by atoms with Crippen LogP contribution in [0.25, 0.3) is 0 Å². The van der Waals surface area contributed by atoms with Crippen molar-refractivity contribution in [2.24, 2.45) is 5.92 Å². The molecule has 1 aliphatic carbocycles. The summed E-state index contributed by atoms with van der Waals surface area (Å²) in [5, 5.41) is 0. The number of benzene rings is 2. The van der Waals surface area contributed by atoms with E-state index in [1.807, 2.05) is 12.1 Å². The van der Waals surface area contributed by atoms with Gasteiger partial charge in [0.25, 0.3) is 0 Å². The number of carbonyl (C=O) groups excluding carboxylic acids is 1. The van der Waals surface area contributed by atoms with Gasteiger partial charge in [-0.2, -0.15) is 0 Å². The largest absolute Gasteiger partial charge is 0.493 e. The summed E-state index contributed by atoms with van der Waals surface area (Å²) in [4.78, 5) is 15.4. The lowest BCUT2D eigenvalue weighted by molar-refractivity contribution is 0.103. The second kappa shape index (κ2) is 10.1. The number of Topliss-reactive ketones (excluding diaryl/α,β-unsaturated/α-hetero) is 1. The average molecular weight is 420 g/mol. The van der Waals surface area contributed by atoms with Gasteiger partial charge < -0.3 is 9.47 Å². The van der Waals surface area contributed by atoms with Crippen LogP contribution in [0.4, 0.5) is 0 Å². The van der Waals surface area contributed by atoms with Crippen LogP contribution >= 0.6 is 0 Å². The van der Waals surface area contributed by atoms with E-state index >= 15 is 0 Å². The van der Waals surface area contributed by atoms with Crippen LogP contribution in [0.2, 0.25) is 0 Å². The highest BCUT2D eigenvalue weighted by Gasteiger charge is 2.27. The van der Waals surface area contributed by atoms with Gasteiger partial charge in [-0.3, -0.25) is 9.69 Å². The van der Waals surface area contributed by atoms with E-state index in [0.717, 1.165) is 42.0 Å². The number of unbranched alkanes of at least 4 members (excludes halogenated alkanes) is 1. The molecular weight excluding hydrogens is 386 g/mol. The Kier molecular flexibility index (Phi) is 7.08. The molecule has 31 heavy (non-hydrogen) atoms. The zero-order valence-corrected chi connectivity index (χ0v) is 18.7. The summed E-state index contributed by atoms with van der Waals surface area (Å²) >= 11 is 0. The van der Waals surface area contributed by atoms with Crippen LogP contribution in [0.15, 0.2) is 54.1 Å². The quantitative estimate of drug-likeness (QED) is 0.421. The minimum Gasteiger partial charge on any atom is -0.493 e. The predicted octanol–water partition coefficient (Wildman–Crippen LogP) is 5.45. The minimum absolute atomic E-state index is 0.144. The standard InChI is InChI=1S/C27H33NO3/c1-30-25-17-23-16-22(27(29)24(23)18-26(25)31-2)11-7-6-8-20-12-14-28(15-13-20)19-21-9-4-3-5-10-21/h3-5,9-11,17-18,20H,6-8,12-16,19H2,1-2H3/b22-11+. The van der Waals surface area contributed by atoms with Crippen LogP contribution in [0.1, 0.15) is 53.6 Å². The number of ketones is 1. The summed E-state index contributed by atoms with van der Waals surface area (Å²) in [6.07, 6.45) is 8.82. The molecule has 0 unspecified atom stereocenters. The Balaban J connectivity index is 1.22. The van der Waals surface area contributed by atoms with Crippen molar-refractivity contribution in [2.75, 3.05) is 27.3 Å². The molecule has 0 atom stereocenters. The zero-order chi connectivity index (χ0) is 21.6. The van der Waals surface area contributed by atoms with Gasteiger partial charge in [-0.15, -0.1) is 0 Å². The van der Waals surface area contributed by atoms with E-state index in [2.05, 4.69) is 41.3 Å². The normalized spacial score (nSPS) is 18.4. The number of carbonyl (C=O) groups is 1. The zero-order valence-electron chi connectivity index (χ0n) is 18.7. The predicted molar refractivity (Wildman–Crippen MR) is 124 cm³/mol. The lowest BCUT2D eigenvalue weighted by Gasteiger charge is -2.32. The highest BCUT2D eigenvalue weighted by molar-refractivity contribution is 6.13. The molecule has 164 valence electrons. The van der Waals surface area contributed by atoms with Gasteiger partial charge >= 0.3 is 0 Å². The first-order valence-corrected chi connectivity index (χ1v) is 11.4. The Labute approximate surface area is 185 Å². The molecule has 2 aromatic carbocycles. The van der Waals surface area contributed by atoms with E-state index in [1.54, 1.807) is 14.2 Å². The molecule has 1 heterocycles. The van der Waals surface area contributed by atoms with Crippen LogP contribution in [0.5, 0.6) is 11.5 Å². The third-order valence-electron chi connectivity index (χ3n) is 6.69. The SMILES string of the molecule is COc1cc2c(cc1OC)C(=O)/C(=C/CCCC1CCN(Cc3ccccc3)CC1)C2. The van der Waals surface area contributed by atoms with E-state index in [9.17, 15) is 4.79 Å². The molecule has 2 aromatic rings. The lowest BCUT2D eigenvalue weighted by atomic mass is 9.91. The molecule has 1 fully saturated rings. The number of allylic oxidation sites excluding steroid dienone is 2. The third kappa shape index (κ3) is 5.19. The van der Waals surface area contributed by atoms with E-state index in [-0.39, 0.29) is 5.78 Å². The summed E-state index contributed by atoms with van der Waals surface area (Å²) in [5.41, 5.74) is 4.13. The number of likely N-dealkylation sites (tertiary alicyclic amines) is 1. The molecule has 4 rings (SSSR count). The molecule has 0 radical (unpaired) electrons. The van der Waals surface area contributed by atoms with Crippen molar-refractivity contribution in [3.8, 4) is 11.5 Å². The molecule has 0 aromatic heterocycles. The number of fused-ring (bicyclic) bond motifs is 1. The Morgan fingerprint density at radius 2 is 1.74 bits per heavy atom. The monoisotopic (exact) mass is 419 g/mol. The van der Waals surface area contributed by atoms with Gasteiger partial charge in [0.1, 0.15) is 0 Å². The first-order valence-electron chi connectivity index (χ1n) is 11.4. The first kappa shape index (κ1) is 21.6. The fourth-order valence-corrected chi connectivity index (χ4v) is 4.86. The van der Waals surface area contributed by atoms with Crippen LogP contribution in [-0.4, -0.2) is 38.0 Å². The van der Waals surface area contributed by atoms with Crippen molar-refractivity contribution in [1.82, 2.24) is 4.90 Å². The molecular formula is C27H33NO3. The number of methoxy groups -OCH3 is 2. The van der Waals surface area contributed by atoms with Crippen LogP contribution in [0.3, 0.4) is 0 Å². The maximum atomic E-state index is 12.8. The maximum absolute atomic E-state index is 12.8. The number of ether oxygens (including phenoxy) is 2. The van der Waals surface area contributed by atoms with Gasteiger partial charge in [0, 0.05) is 24.1 Å². The third-order valence-corrected chi connectivity index (χ3v) is 6.69. The smallest absolute Gasteiger partial charge is 0.189 e. The van der Waals surface area contributed by atoms with Crippen molar-refractivity contribution in [3.05, 3.63) is 70.8 Å². The molecule has 0 bridgehead atoms. The number of hydrogen-bond donors (Lipinski definition) is 0. The Hall–Kier alpha value is -2.59. The van der Waals surface area contributed by atoms with E-state index in [0.29, 0.717) is 17.9 Å². The van der Waals surface area contributed by atoms with Crippen molar-refractivity contribution < 1.29 is 14.3 Å². The molecule has 0 amide bonds. The topological polar surface area (TPSA) is 38.8 Å². The van der Waals surface area contributed by atoms with Crippen molar-refractivity contribution in [1.29, 1.82) is 0 Å². The van der Waals surface area contributed by atoms with Gasteiger partial charge in [0.15, 0.2) is 17.3 Å². The second-order valence-corrected chi connectivity index (χ2v) is 8.74. The Bertz CT molecular complexity index is 927. The number of hydrogen-bond acceptors (Lipinski definition) is 4. The van der Waals surface area contributed by atoms with Crippen molar-refractivity contribution in [2.45, 2.75) is 45.1 Å². The van der Waals surface area contributed by atoms with E-state index in [1.165, 1.54) is 37.9 Å². The summed E-state index contributed by atoms with van der Waals surface area (Å²) in [7, 11) is 3.23.